The van der Waals surface area contributed by atoms with Crippen molar-refractivity contribution in [2.75, 3.05) is 19.5 Å². The second kappa shape index (κ2) is 14.8. The number of halogens is 4. The van der Waals surface area contributed by atoms with E-state index in [4.69, 9.17) is 4.74 Å². The highest BCUT2D eigenvalue weighted by Gasteiger charge is 2.32. The van der Waals surface area contributed by atoms with Crippen LogP contribution in [0.25, 0.3) is 10.8 Å². The van der Waals surface area contributed by atoms with E-state index >= 15 is 0 Å². The van der Waals surface area contributed by atoms with E-state index in [1.807, 2.05) is 18.2 Å². The molecule has 3 aromatic carbocycles. The number of sulfonamides is 1. The maximum Gasteiger partial charge on any atom is 0.258 e. The average Bonchev–Trinajstić information content (AvgIpc) is 2.96. The van der Waals surface area contributed by atoms with Crippen LogP contribution in [-0.2, 0) is 29.2 Å². The number of Topliss-reactive ketones (excluding diaryl/α,β-unsaturated/α-hetero) is 1. The molecule has 0 radical (unpaired) electrons. The minimum atomic E-state index is -4.10. The van der Waals surface area contributed by atoms with Crippen LogP contribution in [0.3, 0.4) is 0 Å². The zero-order valence-corrected chi connectivity index (χ0v) is 25.0. The van der Waals surface area contributed by atoms with Crippen LogP contribution < -0.4 is 24.8 Å². The number of ether oxygens (including phenoxy) is 2. The molecule has 0 heterocycles. The first-order valence-electron chi connectivity index (χ1n) is 13.3. The molecule has 0 aliphatic carbocycles. The molecule has 2 atom stereocenters. The molecule has 45 heavy (non-hydrogen) atoms. The van der Waals surface area contributed by atoms with Gasteiger partial charge in [0.15, 0.2) is 29.8 Å². The molecule has 11 nitrogen and oxygen atoms in total. The summed E-state index contributed by atoms with van der Waals surface area (Å²) in [6.45, 7) is 1.30. The van der Waals surface area contributed by atoms with E-state index in [0.29, 0.717) is 12.0 Å². The van der Waals surface area contributed by atoms with Crippen LogP contribution in [0, 0.1) is 29.2 Å². The third-order valence-electron chi connectivity index (χ3n) is 6.20. The van der Waals surface area contributed by atoms with Crippen molar-refractivity contribution in [3.8, 4) is 11.5 Å². The minimum Gasteiger partial charge on any atom is -0.483 e. The van der Waals surface area contributed by atoms with Gasteiger partial charge < -0.3 is 20.1 Å². The third kappa shape index (κ3) is 9.63. The normalized spacial score (nSPS) is 12.7. The van der Waals surface area contributed by atoms with Gasteiger partial charge >= 0.3 is 0 Å². The summed E-state index contributed by atoms with van der Waals surface area (Å²) in [5.41, 5.74) is 0. The van der Waals surface area contributed by atoms with Crippen LogP contribution in [0.2, 0.25) is 0 Å². The largest absolute Gasteiger partial charge is 0.483 e. The molecule has 0 saturated carbocycles. The van der Waals surface area contributed by atoms with Gasteiger partial charge in [0.25, 0.3) is 5.91 Å². The van der Waals surface area contributed by atoms with Crippen LogP contribution in [0.4, 0.5) is 17.6 Å². The van der Waals surface area contributed by atoms with Gasteiger partial charge in [0.2, 0.25) is 33.5 Å². The van der Waals surface area contributed by atoms with E-state index in [-0.39, 0.29) is 6.07 Å². The number of carbonyl (C=O) groups is 4. The lowest BCUT2D eigenvalue weighted by atomic mass is 10.0. The quantitative estimate of drug-likeness (QED) is 0.177. The van der Waals surface area contributed by atoms with E-state index < -0.39 is 100 Å². The van der Waals surface area contributed by atoms with E-state index in [2.05, 4.69) is 15.4 Å². The smallest absolute Gasteiger partial charge is 0.258 e. The Hall–Kier alpha value is -4.73. The first kappa shape index (κ1) is 34.8. The Morgan fingerprint density at radius 3 is 2.07 bits per heavy atom. The lowest BCUT2D eigenvalue weighted by Gasteiger charge is -2.25. The lowest BCUT2D eigenvalue weighted by Crippen LogP contribution is -2.55. The number of nitrogens with one attached hydrogen (secondary N) is 3. The molecule has 3 rings (SSSR count). The first-order chi connectivity index (χ1) is 21.1. The summed E-state index contributed by atoms with van der Waals surface area (Å²) in [4.78, 5) is 51.1. The Balaban J connectivity index is 1.74. The number of amides is 3. The van der Waals surface area contributed by atoms with Gasteiger partial charge in [-0.2, -0.15) is 8.78 Å². The van der Waals surface area contributed by atoms with Crippen molar-refractivity contribution < 1.29 is 54.6 Å². The standard InChI is InChI=1S/C29H29F4N3O8S/c1-15(2)27(35-24(39)14-43-22-10-6-8-16-7-4-5-9-17(16)22)29(40)34-20(12-23(38)36-45(3,41)42)21(37)13-44-28-25(32)18(30)11-19(31)26(28)33/h4-11,15,20,27H,12-14H2,1-3H3,(H,34,40)(H,35,39)(H,36,38)/t20?,27-/m1/s1. The highest BCUT2D eigenvalue weighted by atomic mass is 32.2. The van der Waals surface area contributed by atoms with Crippen molar-refractivity contribution in [1.82, 2.24) is 15.4 Å². The Morgan fingerprint density at radius 2 is 1.44 bits per heavy atom. The number of ketones is 1. The second-order valence-corrected chi connectivity index (χ2v) is 11.9. The predicted molar refractivity (Wildman–Crippen MR) is 153 cm³/mol. The number of hydrogen-bond acceptors (Lipinski definition) is 8. The monoisotopic (exact) mass is 655 g/mol. The Labute approximate surface area is 255 Å². The summed E-state index contributed by atoms with van der Waals surface area (Å²) >= 11 is 0. The molecule has 1 unspecified atom stereocenters. The van der Waals surface area contributed by atoms with Crippen molar-refractivity contribution in [2.24, 2.45) is 5.92 Å². The second-order valence-electron chi connectivity index (χ2n) is 10.2. The average molecular weight is 656 g/mol. The number of rotatable bonds is 14. The van der Waals surface area contributed by atoms with Crippen LogP contribution >= 0.6 is 0 Å². The molecule has 0 aromatic heterocycles. The molecule has 0 fully saturated rings. The van der Waals surface area contributed by atoms with E-state index in [1.165, 1.54) is 0 Å². The molecule has 0 bridgehead atoms. The van der Waals surface area contributed by atoms with Crippen LogP contribution in [0.1, 0.15) is 20.3 Å². The summed E-state index contributed by atoms with van der Waals surface area (Å²) in [7, 11) is -4.10. The third-order valence-corrected chi connectivity index (χ3v) is 6.80. The number of carbonyl (C=O) groups excluding carboxylic acids is 4. The van der Waals surface area contributed by atoms with Gasteiger partial charge in [-0.1, -0.05) is 50.2 Å². The van der Waals surface area contributed by atoms with Gasteiger partial charge in [-0.25, -0.2) is 17.2 Å². The van der Waals surface area contributed by atoms with Crippen molar-refractivity contribution in [2.45, 2.75) is 32.4 Å². The number of benzene rings is 3. The van der Waals surface area contributed by atoms with Crippen LogP contribution in [0.5, 0.6) is 11.5 Å². The number of fused-ring (bicyclic) bond motifs is 1. The zero-order chi connectivity index (χ0) is 33.5. The molecule has 3 aromatic rings. The summed E-state index contributed by atoms with van der Waals surface area (Å²) in [5.74, 6) is -13.5. The molecule has 242 valence electrons. The van der Waals surface area contributed by atoms with Gasteiger partial charge in [0.05, 0.1) is 18.7 Å². The fraction of sp³-hybridized carbons (Fsp3) is 0.310. The molecule has 0 saturated heterocycles. The molecule has 3 N–H and O–H groups in total. The lowest BCUT2D eigenvalue weighted by molar-refractivity contribution is -0.134. The molecule has 0 spiro atoms. The maximum atomic E-state index is 14.0. The molecule has 0 aliphatic heterocycles. The zero-order valence-electron chi connectivity index (χ0n) is 24.2. The van der Waals surface area contributed by atoms with Gasteiger partial charge in [0, 0.05) is 11.5 Å². The van der Waals surface area contributed by atoms with Crippen molar-refractivity contribution >= 4 is 44.3 Å². The summed E-state index contributed by atoms with van der Waals surface area (Å²) in [5, 5.41) is 6.25. The van der Waals surface area contributed by atoms with Crippen molar-refractivity contribution in [1.29, 1.82) is 0 Å². The summed E-state index contributed by atoms with van der Waals surface area (Å²) in [6.07, 6.45) is -0.343. The predicted octanol–water partition coefficient (Wildman–Crippen LogP) is 2.51. The molecular weight excluding hydrogens is 626 g/mol. The highest BCUT2D eigenvalue weighted by Crippen LogP contribution is 2.27. The molecule has 0 aliphatic rings. The number of hydrogen-bond donors (Lipinski definition) is 3. The molecule has 16 heteroatoms. The summed E-state index contributed by atoms with van der Waals surface area (Å²) in [6, 6.07) is 9.24. The Morgan fingerprint density at radius 1 is 0.822 bits per heavy atom. The van der Waals surface area contributed by atoms with Gasteiger partial charge in [-0.05, 0) is 17.4 Å². The van der Waals surface area contributed by atoms with E-state index in [0.717, 1.165) is 10.8 Å². The molecule has 3 amide bonds. The highest BCUT2D eigenvalue weighted by molar-refractivity contribution is 7.89. The van der Waals surface area contributed by atoms with Crippen LogP contribution in [0.15, 0.2) is 48.5 Å². The summed E-state index contributed by atoms with van der Waals surface area (Å²) < 4.78 is 89.9. The fourth-order valence-electron chi connectivity index (χ4n) is 4.08. The Kier molecular flexibility index (Phi) is 11.5. The van der Waals surface area contributed by atoms with E-state index in [9.17, 15) is 45.2 Å². The maximum absolute atomic E-state index is 14.0. The van der Waals surface area contributed by atoms with E-state index in [1.54, 1.807) is 42.8 Å². The minimum absolute atomic E-state index is 0.0780. The molecular formula is C29H29F4N3O8S. The van der Waals surface area contributed by atoms with Gasteiger partial charge in [-0.15, -0.1) is 0 Å². The van der Waals surface area contributed by atoms with Crippen molar-refractivity contribution in [3.63, 3.8) is 0 Å². The van der Waals surface area contributed by atoms with Crippen molar-refractivity contribution in [3.05, 3.63) is 71.8 Å². The Bertz CT molecular complexity index is 1690. The van der Waals surface area contributed by atoms with Crippen LogP contribution in [-0.4, -0.2) is 63.5 Å². The SMILES string of the molecule is CC(C)[C@@H](NC(=O)COc1cccc2ccccc12)C(=O)NC(CC(=O)NS(C)(=O)=O)C(=O)COc1c(F)c(F)cc(F)c1F. The first-order valence-corrected chi connectivity index (χ1v) is 15.2. The fourth-order valence-corrected chi connectivity index (χ4v) is 4.57. The van der Waals surface area contributed by atoms with Gasteiger partial charge in [-0.3, -0.25) is 23.9 Å². The topological polar surface area (TPSA) is 157 Å². The van der Waals surface area contributed by atoms with Gasteiger partial charge in [0.1, 0.15) is 18.4 Å².